The third kappa shape index (κ3) is 3.18. The molecule has 1 heterocycles. The molecule has 19 heavy (non-hydrogen) atoms. The maximum atomic E-state index is 3.78. The van der Waals surface area contributed by atoms with Crippen LogP contribution in [0.3, 0.4) is 0 Å². The van der Waals surface area contributed by atoms with Crippen molar-refractivity contribution in [2.75, 3.05) is 26.2 Å². The van der Waals surface area contributed by atoms with Gasteiger partial charge >= 0.3 is 0 Å². The van der Waals surface area contributed by atoms with E-state index in [0.717, 1.165) is 17.9 Å². The van der Waals surface area contributed by atoms with Gasteiger partial charge in [0, 0.05) is 12.6 Å². The van der Waals surface area contributed by atoms with Gasteiger partial charge in [0.15, 0.2) is 0 Å². The van der Waals surface area contributed by atoms with Gasteiger partial charge in [-0.2, -0.15) is 0 Å². The van der Waals surface area contributed by atoms with Crippen LogP contribution in [0.5, 0.6) is 0 Å². The second-order valence-corrected chi connectivity index (χ2v) is 6.23. The summed E-state index contributed by atoms with van der Waals surface area (Å²) >= 11 is 0. The summed E-state index contributed by atoms with van der Waals surface area (Å²) in [6, 6.07) is 11.7. The largest absolute Gasteiger partial charge is 0.314 e. The molecule has 2 aliphatic rings. The molecule has 0 bridgehead atoms. The summed E-state index contributed by atoms with van der Waals surface area (Å²) in [5, 5.41) is 3.78. The van der Waals surface area contributed by atoms with E-state index in [0.29, 0.717) is 0 Å². The number of nitrogens with one attached hydrogen (secondary N) is 1. The lowest BCUT2D eigenvalue weighted by Gasteiger charge is -2.37. The summed E-state index contributed by atoms with van der Waals surface area (Å²) < 4.78 is 0. The lowest BCUT2D eigenvalue weighted by atomic mass is 9.76. The fourth-order valence-electron chi connectivity index (χ4n) is 3.48. The lowest BCUT2D eigenvalue weighted by Crippen LogP contribution is -2.42. The first-order chi connectivity index (χ1) is 9.35. The number of hydrogen-bond donors (Lipinski definition) is 1. The molecule has 3 rings (SSSR count). The minimum absolute atomic E-state index is 0.765. The van der Waals surface area contributed by atoms with E-state index in [1.807, 2.05) is 0 Å². The van der Waals surface area contributed by atoms with Crippen LogP contribution in [0.1, 0.15) is 37.7 Å². The van der Waals surface area contributed by atoms with Gasteiger partial charge in [-0.15, -0.1) is 0 Å². The zero-order valence-electron chi connectivity index (χ0n) is 12.0. The molecule has 1 aromatic rings. The quantitative estimate of drug-likeness (QED) is 0.873. The Labute approximate surface area is 117 Å². The normalized spacial score (nSPS) is 31.3. The van der Waals surface area contributed by atoms with Gasteiger partial charge in [-0.25, -0.2) is 0 Å². The molecule has 0 amide bonds. The van der Waals surface area contributed by atoms with Crippen molar-refractivity contribution >= 4 is 0 Å². The second-order valence-electron chi connectivity index (χ2n) is 6.23. The van der Waals surface area contributed by atoms with Crippen LogP contribution in [-0.4, -0.2) is 37.1 Å². The van der Waals surface area contributed by atoms with Crippen molar-refractivity contribution < 1.29 is 0 Å². The van der Waals surface area contributed by atoms with E-state index < -0.39 is 0 Å². The van der Waals surface area contributed by atoms with E-state index in [1.165, 1.54) is 51.0 Å². The number of hydrogen-bond acceptors (Lipinski definition) is 2. The highest BCUT2D eigenvalue weighted by molar-refractivity contribution is 5.22. The summed E-state index contributed by atoms with van der Waals surface area (Å²) in [5.41, 5.74) is 1.53. The van der Waals surface area contributed by atoms with Crippen molar-refractivity contribution in [2.24, 2.45) is 5.92 Å². The molecule has 0 aromatic heterocycles. The first kappa shape index (κ1) is 13.1. The maximum Gasteiger partial charge on any atom is 0.00788 e. The van der Waals surface area contributed by atoms with Crippen LogP contribution < -0.4 is 5.32 Å². The van der Waals surface area contributed by atoms with Crippen LogP contribution in [0.2, 0.25) is 0 Å². The Bertz CT molecular complexity index is 384. The SMILES string of the molecule is CCN1CCC(CNC2CC(c3ccccc3)C2)C1. The van der Waals surface area contributed by atoms with Crippen molar-refractivity contribution in [1.29, 1.82) is 0 Å². The molecular weight excluding hydrogens is 232 g/mol. The Morgan fingerprint density at radius 1 is 1.21 bits per heavy atom. The summed E-state index contributed by atoms with van der Waals surface area (Å²) in [4.78, 5) is 2.57. The molecule has 2 nitrogen and oxygen atoms in total. The van der Waals surface area contributed by atoms with E-state index in [2.05, 4.69) is 47.5 Å². The van der Waals surface area contributed by atoms with Gasteiger partial charge in [0.25, 0.3) is 0 Å². The van der Waals surface area contributed by atoms with E-state index in [-0.39, 0.29) is 0 Å². The smallest absolute Gasteiger partial charge is 0.00788 e. The highest BCUT2D eigenvalue weighted by atomic mass is 15.1. The molecule has 1 aliphatic heterocycles. The third-order valence-corrected chi connectivity index (χ3v) is 4.92. The Hall–Kier alpha value is -0.860. The molecule has 1 aromatic carbocycles. The molecular formula is C17H26N2. The average Bonchev–Trinajstić information content (AvgIpc) is 2.86. The van der Waals surface area contributed by atoms with Crippen molar-refractivity contribution in [1.82, 2.24) is 10.2 Å². The van der Waals surface area contributed by atoms with E-state index in [9.17, 15) is 0 Å². The summed E-state index contributed by atoms with van der Waals surface area (Å²) in [6.45, 7) is 7.32. The van der Waals surface area contributed by atoms with Gasteiger partial charge < -0.3 is 10.2 Å². The van der Waals surface area contributed by atoms with Crippen LogP contribution >= 0.6 is 0 Å². The van der Waals surface area contributed by atoms with Gasteiger partial charge in [-0.05, 0) is 56.3 Å². The van der Waals surface area contributed by atoms with Crippen LogP contribution in [0.25, 0.3) is 0 Å². The molecule has 1 saturated heterocycles. The summed E-state index contributed by atoms with van der Waals surface area (Å²) in [6.07, 6.45) is 4.04. The molecule has 1 saturated carbocycles. The number of rotatable bonds is 5. The van der Waals surface area contributed by atoms with Gasteiger partial charge in [0.1, 0.15) is 0 Å². The predicted octanol–water partition coefficient (Wildman–Crippen LogP) is 2.86. The third-order valence-electron chi connectivity index (χ3n) is 4.92. The standard InChI is InChI=1S/C17H26N2/c1-2-19-9-8-14(13-19)12-18-17-10-16(11-17)15-6-4-3-5-7-15/h3-7,14,16-18H,2,8-13H2,1H3. The van der Waals surface area contributed by atoms with Gasteiger partial charge in [-0.3, -0.25) is 0 Å². The average molecular weight is 258 g/mol. The lowest BCUT2D eigenvalue weighted by molar-refractivity contribution is 0.271. The highest BCUT2D eigenvalue weighted by Crippen LogP contribution is 2.36. The Morgan fingerprint density at radius 2 is 2.00 bits per heavy atom. The van der Waals surface area contributed by atoms with Crippen molar-refractivity contribution in [2.45, 2.75) is 38.1 Å². The predicted molar refractivity (Wildman–Crippen MR) is 80.4 cm³/mol. The minimum atomic E-state index is 0.765. The Kier molecular flexibility index (Phi) is 4.19. The molecule has 1 N–H and O–H groups in total. The van der Waals surface area contributed by atoms with Gasteiger partial charge in [0.05, 0.1) is 0 Å². The topological polar surface area (TPSA) is 15.3 Å². The van der Waals surface area contributed by atoms with Crippen molar-refractivity contribution in [3.63, 3.8) is 0 Å². The van der Waals surface area contributed by atoms with Gasteiger partial charge in [0.2, 0.25) is 0 Å². The zero-order valence-corrected chi connectivity index (χ0v) is 12.0. The molecule has 1 aliphatic carbocycles. The maximum absolute atomic E-state index is 3.78. The van der Waals surface area contributed by atoms with E-state index in [4.69, 9.17) is 0 Å². The first-order valence-electron chi connectivity index (χ1n) is 7.86. The van der Waals surface area contributed by atoms with Crippen LogP contribution in [0, 0.1) is 5.92 Å². The number of nitrogens with zero attached hydrogens (tertiary/aromatic N) is 1. The zero-order chi connectivity index (χ0) is 13.1. The number of benzene rings is 1. The minimum Gasteiger partial charge on any atom is -0.314 e. The first-order valence-corrected chi connectivity index (χ1v) is 7.86. The molecule has 1 unspecified atom stereocenters. The molecule has 0 radical (unpaired) electrons. The molecule has 2 fully saturated rings. The molecule has 0 spiro atoms. The second kappa shape index (κ2) is 6.06. The fraction of sp³-hybridized carbons (Fsp3) is 0.647. The monoisotopic (exact) mass is 258 g/mol. The molecule has 1 atom stereocenters. The molecule has 2 heteroatoms. The molecule has 104 valence electrons. The fourth-order valence-corrected chi connectivity index (χ4v) is 3.48. The van der Waals surface area contributed by atoms with Crippen LogP contribution in [0.15, 0.2) is 30.3 Å². The highest BCUT2D eigenvalue weighted by Gasteiger charge is 2.30. The van der Waals surface area contributed by atoms with E-state index in [1.54, 1.807) is 0 Å². The van der Waals surface area contributed by atoms with E-state index >= 15 is 0 Å². The van der Waals surface area contributed by atoms with Crippen molar-refractivity contribution in [3.05, 3.63) is 35.9 Å². The van der Waals surface area contributed by atoms with Crippen molar-refractivity contribution in [3.8, 4) is 0 Å². The summed E-state index contributed by atoms with van der Waals surface area (Å²) in [7, 11) is 0. The number of likely N-dealkylation sites (tertiary alicyclic amines) is 1. The summed E-state index contributed by atoms with van der Waals surface area (Å²) in [5.74, 6) is 1.69. The Balaban J connectivity index is 1.36. The Morgan fingerprint density at radius 3 is 2.68 bits per heavy atom. The van der Waals surface area contributed by atoms with Gasteiger partial charge in [-0.1, -0.05) is 37.3 Å². The van der Waals surface area contributed by atoms with Crippen LogP contribution in [-0.2, 0) is 0 Å². The van der Waals surface area contributed by atoms with Crippen LogP contribution in [0.4, 0.5) is 0 Å².